The van der Waals surface area contributed by atoms with Crippen LogP contribution in [0.3, 0.4) is 0 Å². The zero-order valence-electron chi connectivity index (χ0n) is 10.5. The number of pyridine rings is 1. The molecule has 0 saturated heterocycles. The van der Waals surface area contributed by atoms with E-state index in [0.29, 0.717) is 0 Å². The number of nitrogens with zero attached hydrogens (tertiary/aromatic N) is 2. The van der Waals surface area contributed by atoms with Crippen molar-refractivity contribution in [2.75, 3.05) is 11.9 Å². The van der Waals surface area contributed by atoms with Crippen LogP contribution in [0, 0.1) is 0 Å². The third kappa shape index (κ3) is 2.57. The average molecular weight is 253 g/mol. The second-order valence-corrected chi connectivity index (χ2v) is 4.52. The first-order valence-electron chi connectivity index (χ1n) is 6.41. The lowest BCUT2D eigenvalue weighted by Crippen LogP contribution is -2.18. The summed E-state index contributed by atoms with van der Waals surface area (Å²) in [6.07, 6.45) is 3.83. The summed E-state index contributed by atoms with van der Waals surface area (Å²) in [6, 6.07) is 13.1. The van der Waals surface area contributed by atoms with Crippen LogP contribution in [-0.2, 0) is 0 Å². The molecule has 0 aliphatic carbocycles. The van der Waals surface area contributed by atoms with E-state index < -0.39 is 0 Å². The molecule has 19 heavy (non-hydrogen) atoms. The zero-order valence-corrected chi connectivity index (χ0v) is 10.5. The first-order valence-corrected chi connectivity index (χ1v) is 6.41. The fourth-order valence-corrected chi connectivity index (χ4v) is 2.17. The zero-order chi connectivity index (χ0) is 13.1. The molecule has 4 nitrogen and oxygen atoms in total. The molecule has 0 amide bonds. The van der Waals surface area contributed by atoms with Crippen molar-refractivity contribution in [1.29, 1.82) is 0 Å². The Balaban J connectivity index is 1.88. The Morgan fingerprint density at radius 2 is 2.00 bits per heavy atom. The topological polar surface area (TPSA) is 46.4 Å². The monoisotopic (exact) mass is 253 g/mol. The number of hydrogen-bond acceptors (Lipinski definition) is 3. The van der Waals surface area contributed by atoms with Gasteiger partial charge in [-0.3, -0.25) is 14.4 Å². The van der Waals surface area contributed by atoms with Gasteiger partial charge in [0.2, 0.25) is 0 Å². The summed E-state index contributed by atoms with van der Waals surface area (Å²) >= 11 is 0. The lowest BCUT2D eigenvalue weighted by atomic mass is 10.3. The predicted octanol–water partition coefficient (Wildman–Crippen LogP) is 2.44. The van der Waals surface area contributed by atoms with Crippen LogP contribution in [0.2, 0.25) is 0 Å². The van der Waals surface area contributed by atoms with Gasteiger partial charge in [-0.1, -0.05) is 18.2 Å². The van der Waals surface area contributed by atoms with E-state index in [1.165, 1.54) is 0 Å². The highest BCUT2D eigenvalue weighted by molar-refractivity contribution is 5.96. The largest absolute Gasteiger partial charge is 0.344 e. The Morgan fingerprint density at radius 1 is 1.16 bits per heavy atom. The van der Waals surface area contributed by atoms with Gasteiger partial charge < -0.3 is 5.32 Å². The molecule has 0 radical (unpaired) electrons. The Bertz CT molecular complexity index is 659. The van der Waals surface area contributed by atoms with E-state index in [4.69, 9.17) is 0 Å². The number of anilines is 1. The van der Waals surface area contributed by atoms with Gasteiger partial charge in [0.1, 0.15) is 5.84 Å². The second-order valence-electron chi connectivity index (χ2n) is 4.52. The molecule has 1 aliphatic rings. The minimum atomic E-state index is -0.0465. The molecule has 0 fully saturated rings. The van der Waals surface area contributed by atoms with Crippen molar-refractivity contribution in [2.24, 2.45) is 4.99 Å². The number of nitrogens with one attached hydrogen (secondary N) is 1. The highest BCUT2D eigenvalue weighted by Gasteiger charge is 2.07. The second kappa shape index (κ2) is 5.10. The summed E-state index contributed by atoms with van der Waals surface area (Å²) in [7, 11) is 0. The molecule has 0 saturated carbocycles. The van der Waals surface area contributed by atoms with Crippen LogP contribution in [0.5, 0.6) is 0 Å². The highest BCUT2D eigenvalue weighted by atomic mass is 16.1. The van der Waals surface area contributed by atoms with E-state index >= 15 is 0 Å². The Kier molecular flexibility index (Phi) is 3.14. The molecule has 0 unspecified atom stereocenters. The summed E-state index contributed by atoms with van der Waals surface area (Å²) in [4.78, 5) is 16.4. The molecule has 0 atom stereocenters. The van der Waals surface area contributed by atoms with Crippen LogP contribution in [0.4, 0.5) is 5.69 Å². The predicted molar refractivity (Wildman–Crippen MR) is 77.2 cm³/mol. The first-order chi connectivity index (χ1) is 9.33. The van der Waals surface area contributed by atoms with Crippen molar-refractivity contribution in [2.45, 2.75) is 12.8 Å². The summed E-state index contributed by atoms with van der Waals surface area (Å²) in [5, 5.41) is 3.20. The molecule has 0 bridgehead atoms. The lowest BCUT2D eigenvalue weighted by Gasteiger charge is -2.08. The SMILES string of the molecule is O=c1cc(NC2=NCCC2)ccn1-c1ccccc1. The van der Waals surface area contributed by atoms with Crippen molar-refractivity contribution in [1.82, 2.24) is 4.57 Å². The Labute approximate surface area is 111 Å². The number of aromatic nitrogens is 1. The van der Waals surface area contributed by atoms with Crippen molar-refractivity contribution in [3.63, 3.8) is 0 Å². The lowest BCUT2D eigenvalue weighted by molar-refractivity contribution is 0.950. The maximum Gasteiger partial charge on any atom is 0.257 e. The summed E-state index contributed by atoms with van der Waals surface area (Å²) in [6.45, 7) is 0.878. The molecule has 1 aromatic heterocycles. The number of hydrogen-bond donors (Lipinski definition) is 1. The van der Waals surface area contributed by atoms with E-state index in [9.17, 15) is 4.79 Å². The van der Waals surface area contributed by atoms with Crippen LogP contribution in [0.1, 0.15) is 12.8 Å². The number of para-hydroxylation sites is 1. The molecule has 96 valence electrons. The van der Waals surface area contributed by atoms with E-state index in [0.717, 1.165) is 36.6 Å². The van der Waals surface area contributed by atoms with Gasteiger partial charge in [-0.2, -0.15) is 0 Å². The van der Waals surface area contributed by atoms with Gasteiger partial charge in [0.25, 0.3) is 5.56 Å². The Hall–Kier alpha value is -2.36. The van der Waals surface area contributed by atoms with E-state index in [1.807, 2.05) is 36.4 Å². The van der Waals surface area contributed by atoms with E-state index in [1.54, 1.807) is 16.8 Å². The third-order valence-corrected chi connectivity index (χ3v) is 3.12. The molecule has 1 N–H and O–H groups in total. The van der Waals surface area contributed by atoms with Gasteiger partial charge in [-0.25, -0.2) is 0 Å². The van der Waals surface area contributed by atoms with Gasteiger partial charge >= 0.3 is 0 Å². The van der Waals surface area contributed by atoms with Crippen LogP contribution in [0.15, 0.2) is 58.4 Å². The standard InChI is InChI=1S/C15H15N3O/c19-15-11-12(17-14-7-4-9-16-14)8-10-18(15)13-5-2-1-3-6-13/h1-3,5-6,8,10-11H,4,7,9H2,(H,16,17). The van der Waals surface area contributed by atoms with E-state index in [2.05, 4.69) is 10.3 Å². The van der Waals surface area contributed by atoms with Crippen molar-refractivity contribution in [3.05, 3.63) is 59.0 Å². The van der Waals surface area contributed by atoms with Gasteiger partial charge in [0.15, 0.2) is 0 Å². The summed E-state index contributed by atoms with van der Waals surface area (Å²) in [5.41, 5.74) is 1.63. The third-order valence-electron chi connectivity index (χ3n) is 3.12. The smallest absolute Gasteiger partial charge is 0.257 e. The fraction of sp³-hybridized carbons (Fsp3) is 0.200. The van der Waals surface area contributed by atoms with Crippen molar-refractivity contribution in [3.8, 4) is 5.69 Å². The minimum absolute atomic E-state index is 0.0465. The quantitative estimate of drug-likeness (QED) is 0.893. The van der Waals surface area contributed by atoms with Crippen LogP contribution < -0.4 is 10.9 Å². The highest BCUT2D eigenvalue weighted by Crippen LogP contribution is 2.11. The maximum absolute atomic E-state index is 12.1. The van der Waals surface area contributed by atoms with Crippen molar-refractivity contribution < 1.29 is 0 Å². The van der Waals surface area contributed by atoms with Gasteiger partial charge in [-0.15, -0.1) is 0 Å². The maximum atomic E-state index is 12.1. The first kappa shape index (κ1) is 11.7. The van der Waals surface area contributed by atoms with E-state index in [-0.39, 0.29) is 5.56 Å². The number of amidine groups is 1. The number of aliphatic imine (C=N–C) groups is 1. The molecule has 1 aliphatic heterocycles. The van der Waals surface area contributed by atoms with Crippen LogP contribution >= 0.6 is 0 Å². The van der Waals surface area contributed by atoms with Gasteiger partial charge in [0.05, 0.1) is 0 Å². The summed E-state index contributed by atoms with van der Waals surface area (Å²) < 4.78 is 1.63. The van der Waals surface area contributed by atoms with Gasteiger partial charge in [-0.05, 0) is 24.6 Å². The molecule has 2 aromatic rings. The molecule has 4 heteroatoms. The fourth-order valence-electron chi connectivity index (χ4n) is 2.17. The average Bonchev–Trinajstić information content (AvgIpc) is 2.93. The summed E-state index contributed by atoms with van der Waals surface area (Å²) in [5.74, 6) is 0.969. The molecule has 2 heterocycles. The van der Waals surface area contributed by atoms with Crippen molar-refractivity contribution >= 4 is 11.5 Å². The molecule has 3 rings (SSSR count). The Morgan fingerprint density at radius 3 is 2.68 bits per heavy atom. The molecular weight excluding hydrogens is 238 g/mol. The van der Waals surface area contributed by atoms with Crippen LogP contribution in [0.25, 0.3) is 5.69 Å². The van der Waals surface area contributed by atoms with Crippen LogP contribution in [-0.4, -0.2) is 16.9 Å². The normalized spacial score (nSPS) is 14.2. The molecule has 0 spiro atoms. The molecule has 1 aromatic carbocycles. The number of rotatable bonds is 2. The number of benzene rings is 1. The van der Waals surface area contributed by atoms with Gasteiger partial charge in [0, 0.05) is 36.6 Å². The molecular formula is C15H15N3O. The minimum Gasteiger partial charge on any atom is -0.344 e.